The van der Waals surface area contributed by atoms with Crippen molar-refractivity contribution in [2.24, 2.45) is 5.92 Å². The lowest BCUT2D eigenvalue weighted by atomic mass is 10.1. The largest absolute Gasteiger partial charge is 0.303 e. The van der Waals surface area contributed by atoms with Crippen LogP contribution in [-0.2, 0) is 13.1 Å². The summed E-state index contributed by atoms with van der Waals surface area (Å²) in [7, 11) is 2.29. The van der Waals surface area contributed by atoms with Crippen LogP contribution in [0.2, 0.25) is 0 Å². The fourth-order valence-electron chi connectivity index (χ4n) is 3.91. The summed E-state index contributed by atoms with van der Waals surface area (Å²) < 4.78 is 0. The van der Waals surface area contributed by atoms with Crippen molar-refractivity contribution in [2.75, 3.05) is 46.3 Å². The molecule has 0 aromatic carbocycles. The Morgan fingerprint density at radius 1 is 1.23 bits per heavy atom. The van der Waals surface area contributed by atoms with Gasteiger partial charge in [0, 0.05) is 31.1 Å². The van der Waals surface area contributed by atoms with E-state index in [4.69, 9.17) is 0 Å². The topological polar surface area (TPSA) is 9.72 Å². The standard InChI is InChI=1S/C18H31N3S/c1-3-20-9-6-16(12-20)11-19(2)14-18-10-17(15-22-18)13-21-7-4-5-8-21/h10,15-16H,3-9,11-14H2,1-2H3/t16-/m0/s1. The first-order valence-electron chi connectivity index (χ1n) is 8.92. The molecule has 0 radical (unpaired) electrons. The number of likely N-dealkylation sites (tertiary alicyclic amines) is 2. The third-order valence-corrected chi connectivity index (χ3v) is 6.10. The molecule has 1 aromatic rings. The van der Waals surface area contributed by atoms with E-state index in [-0.39, 0.29) is 0 Å². The Morgan fingerprint density at radius 3 is 2.77 bits per heavy atom. The van der Waals surface area contributed by atoms with Gasteiger partial charge in [0.25, 0.3) is 0 Å². The van der Waals surface area contributed by atoms with E-state index in [9.17, 15) is 0 Å². The first kappa shape index (κ1) is 16.4. The van der Waals surface area contributed by atoms with E-state index in [1.807, 2.05) is 11.3 Å². The summed E-state index contributed by atoms with van der Waals surface area (Å²) >= 11 is 1.95. The molecule has 0 unspecified atom stereocenters. The van der Waals surface area contributed by atoms with Crippen molar-refractivity contribution in [3.63, 3.8) is 0 Å². The van der Waals surface area contributed by atoms with Crippen LogP contribution in [0.5, 0.6) is 0 Å². The number of hydrogen-bond acceptors (Lipinski definition) is 4. The molecule has 1 atom stereocenters. The van der Waals surface area contributed by atoms with Gasteiger partial charge >= 0.3 is 0 Å². The highest BCUT2D eigenvalue weighted by Crippen LogP contribution is 2.22. The van der Waals surface area contributed by atoms with Crippen LogP contribution in [0.15, 0.2) is 11.4 Å². The molecule has 0 saturated carbocycles. The van der Waals surface area contributed by atoms with Gasteiger partial charge in [-0.15, -0.1) is 11.3 Å². The van der Waals surface area contributed by atoms with Crippen LogP contribution >= 0.6 is 11.3 Å². The summed E-state index contributed by atoms with van der Waals surface area (Å²) in [6, 6.07) is 2.44. The second-order valence-electron chi connectivity index (χ2n) is 7.15. The zero-order valence-corrected chi connectivity index (χ0v) is 15.1. The molecular formula is C18H31N3S. The molecule has 22 heavy (non-hydrogen) atoms. The maximum absolute atomic E-state index is 2.59. The Morgan fingerprint density at radius 2 is 2.05 bits per heavy atom. The maximum atomic E-state index is 2.59. The van der Waals surface area contributed by atoms with Crippen molar-refractivity contribution in [2.45, 2.75) is 39.3 Å². The molecule has 0 amide bonds. The zero-order valence-electron chi connectivity index (χ0n) is 14.3. The minimum absolute atomic E-state index is 0.869. The predicted molar refractivity (Wildman–Crippen MR) is 95.4 cm³/mol. The summed E-state index contributed by atoms with van der Waals surface area (Å²) in [5, 5.41) is 2.37. The van der Waals surface area contributed by atoms with Crippen LogP contribution in [0, 0.1) is 5.92 Å². The Kier molecular flexibility index (Phi) is 5.91. The average molecular weight is 322 g/mol. The lowest BCUT2D eigenvalue weighted by Gasteiger charge is -2.20. The number of hydrogen-bond donors (Lipinski definition) is 0. The molecule has 3 nitrogen and oxygen atoms in total. The minimum atomic E-state index is 0.869. The molecule has 0 bridgehead atoms. The Labute approximate surface area is 139 Å². The highest BCUT2D eigenvalue weighted by Gasteiger charge is 2.22. The molecule has 2 aliphatic rings. The lowest BCUT2D eigenvalue weighted by Crippen LogP contribution is -2.27. The zero-order chi connectivity index (χ0) is 15.4. The van der Waals surface area contributed by atoms with Gasteiger partial charge in [-0.2, -0.15) is 0 Å². The van der Waals surface area contributed by atoms with E-state index >= 15 is 0 Å². The van der Waals surface area contributed by atoms with Crippen molar-refractivity contribution in [1.82, 2.24) is 14.7 Å². The molecule has 2 aliphatic heterocycles. The monoisotopic (exact) mass is 321 g/mol. The van der Waals surface area contributed by atoms with Crippen LogP contribution in [0.25, 0.3) is 0 Å². The fraction of sp³-hybridized carbons (Fsp3) is 0.778. The molecule has 124 valence electrons. The quantitative estimate of drug-likeness (QED) is 0.764. The predicted octanol–water partition coefficient (Wildman–Crippen LogP) is 3.12. The van der Waals surface area contributed by atoms with E-state index in [1.54, 1.807) is 0 Å². The highest BCUT2D eigenvalue weighted by atomic mass is 32.1. The van der Waals surface area contributed by atoms with Crippen molar-refractivity contribution in [3.05, 3.63) is 21.9 Å². The van der Waals surface area contributed by atoms with Gasteiger partial charge in [0.1, 0.15) is 0 Å². The number of rotatable bonds is 7. The lowest BCUT2D eigenvalue weighted by molar-refractivity contribution is 0.262. The van der Waals surface area contributed by atoms with Crippen molar-refractivity contribution in [3.8, 4) is 0 Å². The van der Waals surface area contributed by atoms with Crippen LogP contribution in [0.1, 0.15) is 36.6 Å². The van der Waals surface area contributed by atoms with Crippen LogP contribution in [0.3, 0.4) is 0 Å². The molecule has 4 heteroatoms. The number of nitrogens with zero attached hydrogens (tertiary/aromatic N) is 3. The average Bonchev–Trinajstić information content (AvgIpc) is 3.22. The van der Waals surface area contributed by atoms with Gasteiger partial charge < -0.3 is 9.80 Å². The van der Waals surface area contributed by atoms with E-state index < -0.39 is 0 Å². The minimum Gasteiger partial charge on any atom is -0.303 e. The van der Waals surface area contributed by atoms with E-state index in [1.165, 1.54) is 69.0 Å². The Balaban J connectivity index is 1.43. The molecule has 0 spiro atoms. The van der Waals surface area contributed by atoms with Crippen molar-refractivity contribution < 1.29 is 0 Å². The SMILES string of the molecule is CCN1CC[C@@H](CN(C)Cc2cc(CN3CCCC3)cs2)C1. The summed E-state index contributed by atoms with van der Waals surface area (Å²) in [6.07, 6.45) is 4.15. The molecule has 3 heterocycles. The first-order chi connectivity index (χ1) is 10.7. The van der Waals surface area contributed by atoms with Gasteiger partial charge in [-0.25, -0.2) is 0 Å². The fourth-order valence-corrected chi connectivity index (χ4v) is 4.87. The smallest absolute Gasteiger partial charge is 0.0325 e. The van der Waals surface area contributed by atoms with Gasteiger partial charge in [-0.1, -0.05) is 6.92 Å². The Hall–Kier alpha value is -0.420. The molecule has 2 saturated heterocycles. The van der Waals surface area contributed by atoms with Crippen molar-refractivity contribution >= 4 is 11.3 Å². The van der Waals surface area contributed by atoms with Gasteiger partial charge in [-0.3, -0.25) is 4.90 Å². The summed E-state index contributed by atoms with van der Waals surface area (Å²) in [4.78, 5) is 9.22. The van der Waals surface area contributed by atoms with Crippen molar-refractivity contribution in [1.29, 1.82) is 0 Å². The maximum Gasteiger partial charge on any atom is 0.0325 e. The summed E-state index contributed by atoms with van der Waals surface area (Å²) in [6.45, 7) is 12.2. The van der Waals surface area contributed by atoms with E-state index in [0.717, 1.165) is 19.0 Å². The van der Waals surface area contributed by atoms with E-state index in [0.29, 0.717) is 0 Å². The first-order valence-corrected chi connectivity index (χ1v) is 9.80. The third-order valence-electron chi connectivity index (χ3n) is 5.13. The molecule has 1 aromatic heterocycles. The molecule has 0 aliphatic carbocycles. The Bertz CT molecular complexity index is 453. The molecular weight excluding hydrogens is 290 g/mol. The molecule has 3 rings (SSSR count). The number of thiophene rings is 1. The van der Waals surface area contributed by atoms with Gasteiger partial charge in [0.15, 0.2) is 0 Å². The second kappa shape index (κ2) is 7.91. The summed E-state index contributed by atoms with van der Waals surface area (Å²) in [5.41, 5.74) is 1.52. The van der Waals surface area contributed by atoms with Crippen LogP contribution in [0.4, 0.5) is 0 Å². The summed E-state index contributed by atoms with van der Waals surface area (Å²) in [5.74, 6) is 0.869. The molecule has 0 N–H and O–H groups in total. The highest BCUT2D eigenvalue weighted by molar-refractivity contribution is 7.10. The van der Waals surface area contributed by atoms with Gasteiger partial charge in [0.05, 0.1) is 0 Å². The van der Waals surface area contributed by atoms with Gasteiger partial charge in [-0.05, 0) is 75.4 Å². The normalized spacial score (nSPS) is 23.9. The van der Waals surface area contributed by atoms with E-state index in [2.05, 4.69) is 40.1 Å². The second-order valence-corrected chi connectivity index (χ2v) is 8.14. The van der Waals surface area contributed by atoms with Crippen LogP contribution in [-0.4, -0.2) is 61.0 Å². The third kappa shape index (κ3) is 4.54. The molecule has 2 fully saturated rings. The van der Waals surface area contributed by atoms with Crippen LogP contribution < -0.4 is 0 Å². The van der Waals surface area contributed by atoms with Gasteiger partial charge in [0.2, 0.25) is 0 Å².